The number of unbranched alkanes of at least 4 members (excludes halogenated alkanes) is 5. The minimum absolute atomic E-state index is 0.489. The number of nitrogens with one attached hydrogen (secondary N) is 1. The van der Waals surface area contributed by atoms with E-state index in [0.717, 1.165) is 0 Å². The third-order valence-corrected chi connectivity index (χ3v) is 7.49. The highest BCUT2D eigenvalue weighted by molar-refractivity contribution is 6.73. The quantitative estimate of drug-likeness (QED) is 0.374. The highest BCUT2D eigenvalue weighted by atomic mass is 28.3. The van der Waals surface area contributed by atoms with Crippen LogP contribution >= 0.6 is 0 Å². The van der Waals surface area contributed by atoms with Gasteiger partial charge in [-0.05, 0) is 31.5 Å². The molecule has 0 radical (unpaired) electrons. The third kappa shape index (κ3) is 4.97. The number of hydrogen-bond acceptors (Lipinski definition) is 1. The van der Waals surface area contributed by atoms with Gasteiger partial charge in [0, 0.05) is 23.1 Å². The standard InChI is InChI=1S/C21H36N2Si/c1-6-7-8-9-10-13-16-23(24(3,4)5)18(2)20-17-22-21-15-12-11-14-19(20)21/h11-12,14-15,17-18,22H,6-10,13,16H2,1-5H3. The summed E-state index contributed by atoms with van der Waals surface area (Å²) in [6.07, 6.45) is 10.5. The number of hydrogen-bond donors (Lipinski definition) is 1. The largest absolute Gasteiger partial charge is 0.361 e. The maximum absolute atomic E-state index is 3.45. The lowest BCUT2D eigenvalue weighted by Gasteiger charge is -2.39. The first-order valence-corrected chi connectivity index (χ1v) is 13.2. The zero-order chi connectivity index (χ0) is 17.6. The first-order chi connectivity index (χ1) is 11.4. The van der Waals surface area contributed by atoms with E-state index in [9.17, 15) is 0 Å². The van der Waals surface area contributed by atoms with Crippen molar-refractivity contribution in [3.63, 3.8) is 0 Å². The minimum Gasteiger partial charge on any atom is -0.361 e. The fraction of sp³-hybridized carbons (Fsp3) is 0.619. The van der Waals surface area contributed by atoms with Gasteiger partial charge >= 0.3 is 0 Å². The summed E-state index contributed by atoms with van der Waals surface area (Å²) in [6, 6.07) is 9.19. The molecule has 2 aromatic rings. The fourth-order valence-corrected chi connectivity index (χ4v) is 5.91. The summed E-state index contributed by atoms with van der Waals surface area (Å²) in [6.45, 7) is 13.4. The van der Waals surface area contributed by atoms with Gasteiger partial charge in [-0.2, -0.15) is 0 Å². The number of fused-ring (bicyclic) bond motifs is 1. The Morgan fingerprint density at radius 1 is 1.00 bits per heavy atom. The van der Waals surface area contributed by atoms with Gasteiger partial charge in [-0.3, -0.25) is 0 Å². The molecule has 1 heterocycles. The highest BCUT2D eigenvalue weighted by Crippen LogP contribution is 2.31. The van der Waals surface area contributed by atoms with Gasteiger partial charge in [-0.25, -0.2) is 0 Å². The topological polar surface area (TPSA) is 19.0 Å². The van der Waals surface area contributed by atoms with Gasteiger partial charge in [0.25, 0.3) is 0 Å². The van der Waals surface area contributed by atoms with E-state index in [1.807, 2.05) is 0 Å². The van der Waals surface area contributed by atoms with Gasteiger partial charge in [0.1, 0.15) is 8.24 Å². The van der Waals surface area contributed by atoms with E-state index in [2.05, 4.69) is 73.5 Å². The average Bonchev–Trinajstić information content (AvgIpc) is 2.96. The molecule has 1 N–H and O–H groups in total. The fourth-order valence-electron chi connectivity index (χ4n) is 3.78. The molecule has 0 saturated carbocycles. The van der Waals surface area contributed by atoms with Crippen molar-refractivity contribution in [3.8, 4) is 0 Å². The van der Waals surface area contributed by atoms with Crippen LogP contribution in [0.15, 0.2) is 30.5 Å². The summed E-state index contributed by atoms with van der Waals surface area (Å²) in [4.78, 5) is 3.45. The Kier molecular flexibility index (Phi) is 7.11. The molecular formula is C21H36N2Si. The van der Waals surface area contributed by atoms with Crippen molar-refractivity contribution in [2.24, 2.45) is 0 Å². The Bertz CT molecular complexity index is 612. The Hall–Kier alpha value is -1.06. The molecule has 0 amide bonds. The number of nitrogens with zero attached hydrogens (tertiary/aromatic N) is 1. The number of aromatic nitrogens is 1. The van der Waals surface area contributed by atoms with Crippen molar-refractivity contribution >= 4 is 19.1 Å². The molecule has 134 valence electrons. The molecule has 0 aliphatic rings. The highest BCUT2D eigenvalue weighted by Gasteiger charge is 2.29. The van der Waals surface area contributed by atoms with Gasteiger partial charge in [0.2, 0.25) is 0 Å². The number of para-hydroxylation sites is 1. The smallest absolute Gasteiger partial charge is 0.119 e. The van der Waals surface area contributed by atoms with E-state index in [1.54, 1.807) is 0 Å². The predicted molar refractivity (Wildman–Crippen MR) is 110 cm³/mol. The molecule has 1 aromatic carbocycles. The average molecular weight is 345 g/mol. The van der Waals surface area contributed by atoms with E-state index < -0.39 is 8.24 Å². The number of aromatic amines is 1. The third-order valence-electron chi connectivity index (χ3n) is 5.15. The Balaban J connectivity index is 2.04. The van der Waals surface area contributed by atoms with Crippen LogP contribution in [-0.2, 0) is 0 Å². The number of benzene rings is 1. The maximum Gasteiger partial charge on any atom is 0.119 e. The van der Waals surface area contributed by atoms with E-state index >= 15 is 0 Å². The van der Waals surface area contributed by atoms with Gasteiger partial charge in [0.15, 0.2) is 0 Å². The molecule has 3 heteroatoms. The van der Waals surface area contributed by atoms with Crippen molar-refractivity contribution < 1.29 is 0 Å². The van der Waals surface area contributed by atoms with Crippen LogP contribution in [0.3, 0.4) is 0 Å². The van der Waals surface area contributed by atoms with Gasteiger partial charge in [-0.15, -0.1) is 0 Å². The lowest BCUT2D eigenvalue weighted by molar-refractivity contribution is 0.332. The number of rotatable bonds is 10. The van der Waals surface area contributed by atoms with Crippen molar-refractivity contribution in [2.75, 3.05) is 6.54 Å². The predicted octanol–water partition coefficient (Wildman–Crippen LogP) is 6.73. The zero-order valence-corrected chi connectivity index (χ0v) is 17.4. The van der Waals surface area contributed by atoms with Crippen LogP contribution in [0.1, 0.15) is 64.0 Å². The van der Waals surface area contributed by atoms with Gasteiger partial charge in [-0.1, -0.05) is 76.9 Å². The molecule has 1 aromatic heterocycles. The first kappa shape index (κ1) is 19.3. The van der Waals surface area contributed by atoms with Crippen LogP contribution in [0.2, 0.25) is 19.6 Å². The van der Waals surface area contributed by atoms with Crippen molar-refractivity contribution in [2.45, 2.75) is 78.1 Å². The molecule has 0 bridgehead atoms. The zero-order valence-electron chi connectivity index (χ0n) is 16.4. The molecule has 2 nitrogen and oxygen atoms in total. The van der Waals surface area contributed by atoms with Crippen LogP contribution in [0.5, 0.6) is 0 Å². The minimum atomic E-state index is -1.35. The molecular weight excluding hydrogens is 308 g/mol. The lowest BCUT2D eigenvalue weighted by Crippen LogP contribution is -2.47. The number of H-pyrrole nitrogens is 1. The van der Waals surface area contributed by atoms with Crippen molar-refractivity contribution in [1.29, 1.82) is 0 Å². The molecule has 0 fully saturated rings. The summed E-state index contributed by atoms with van der Waals surface area (Å²) in [5, 5.41) is 1.39. The van der Waals surface area contributed by atoms with E-state index in [4.69, 9.17) is 0 Å². The molecule has 2 rings (SSSR count). The molecule has 1 unspecified atom stereocenters. The van der Waals surface area contributed by atoms with Gasteiger partial charge < -0.3 is 9.55 Å². The molecule has 0 spiro atoms. The van der Waals surface area contributed by atoms with Crippen LogP contribution in [0.25, 0.3) is 10.9 Å². The van der Waals surface area contributed by atoms with Crippen molar-refractivity contribution in [3.05, 3.63) is 36.0 Å². The molecule has 1 atom stereocenters. The molecule has 0 saturated heterocycles. The Morgan fingerprint density at radius 2 is 1.67 bits per heavy atom. The Morgan fingerprint density at radius 3 is 2.38 bits per heavy atom. The second-order valence-corrected chi connectivity index (χ2v) is 13.0. The Labute approximate surface area is 149 Å². The SMILES string of the molecule is CCCCCCCCN(C(C)c1c[nH]c2ccccc12)[Si](C)(C)C. The monoisotopic (exact) mass is 344 g/mol. The molecule has 0 aliphatic heterocycles. The molecule has 0 aliphatic carbocycles. The maximum atomic E-state index is 3.45. The summed E-state index contributed by atoms with van der Waals surface area (Å²) in [5.74, 6) is 0. The van der Waals surface area contributed by atoms with Crippen LogP contribution in [0, 0.1) is 0 Å². The van der Waals surface area contributed by atoms with Crippen LogP contribution < -0.4 is 0 Å². The summed E-state index contributed by atoms with van der Waals surface area (Å²) >= 11 is 0. The summed E-state index contributed by atoms with van der Waals surface area (Å²) < 4.78 is 2.81. The van der Waals surface area contributed by atoms with E-state index in [1.165, 1.54) is 61.5 Å². The first-order valence-electron chi connectivity index (χ1n) is 9.78. The van der Waals surface area contributed by atoms with E-state index in [-0.39, 0.29) is 0 Å². The second-order valence-electron chi connectivity index (χ2n) is 8.10. The lowest BCUT2D eigenvalue weighted by atomic mass is 10.1. The summed E-state index contributed by atoms with van der Waals surface area (Å²) in [5.41, 5.74) is 2.72. The van der Waals surface area contributed by atoms with Crippen LogP contribution in [-0.4, -0.2) is 24.3 Å². The van der Waals surface area contributed by atoms with Gasteiger partial charge in [0.05, 0.1) is 0 Å². The molecule has 24 heavy (non-hydrogen) atoms. The normalized spacial score (nSPS) is 13.8. The second kappa shape index (κ2) is 8.86. The van der Waals surface area contributed by atoms with E-state index in [0.29, 0.717) is 6.04 Å². The van der Waals surface area contributed by atoms with Crippen molar-refractivity contribution in [1.82, 2.24) is 9.55 Å². The summed E-state index contributed by atoms with van der Waals surface area (Å²) in [7, 11) is -1.35. The van der Waals surface area contributed by atoms with Crippen LogP contribution in [0.4, 0.5) is 0 Å².